The molecule has 0 spiro atoms. The highest BCUT2D eigenvalue weighted by atomic mass is 32.2. The van der Waals surface area contributed by atoms with E-state index in [9.17, 15) is 31.5 Å². The van der Waals surface area contributed by atoms with Crippen molar-refractivity contribution in [3.05, 3.63) is 76.7 Å². The van der Waals surface area contributed by atoms with Crippen LogP contribution in [0, 0.1) is 5.92 Å². The van der Waals surface area contributed by atoms with Crippen LogP contribution in [0.4, 0.5) is 18.9 Å². The molecular formula is C34H44F3N3O6S2. The number of aliphatic hydroxyl groups excluding tert-OH is 1. The number of alkyl halides is 3. The molecule has 2 heterocycles. The molecule has 1 aromatic heterocycles. The number of sulfonamides is 1. The van der Waals surface area contributed by atoms with E-state index in [4.69, 9.17) is 9.47 Å². The molecule has 1 aliphatic rings. The lowest BCUT2D eigenvalue weighted by Crippen LogP contribution is -2.47. The molecule has 264 valence electrons. The van der Waals surface area contributed by atoms with Crippen LogP contribution >= 0.6 is 11.3 Å². The highest BCUT2D eigenvalue weighted by Gasteiger charge is 2.32. The first-order valence-corrected chi connectivity index (χ1v) is 18.3. The number of benzene rings is 2. The summed E-state index contributed by atoms with van der Waals surface area (Å²) in [7, 11) is -2.01. The maximum atomic E-state index is 14.3. The Morgan fingerprint density at radius 3 is 2.50 bits per heavy atom. The topological polar surface area (TPSA) is 108 Å². The first-order chi connectivity index (χ1) is 22.7. The number of amides is 1. The third kappa shape index (κ3) is 10.2. The number of aliphatic hydroxyl groups is 1. The zero-order valence-electron chi connectivity index (χ0n) is 27.6. The van der Waals surface area contributed by atoms with Crippen LogP contribution < -0.4 is 9.46 Å². The van der Waals surface area contributed by atoms with E-state index >= 15 is 0 Å². The van der Waals surface area contributed by atoms with Gasteiger partial charge in [0.1, 0.15) is 9.96 Å². The van der Waals surface area contributed by atoms with Gasteiger partial charge in [-0.25, -0.2) is 8.42 Å². The van der Waals surface area contributed by atoms with E-state index in [-0.39, 0.29) is 46.7 Å². The monoisotopic (exact) mass is 711 g/mol. The predicted octanol–water partition coefficient (Wildman–Crippen LogP) is 6.50. The summed E-state index contributed by atoms with van der Waals surface area (Å²) in [6.07, 6.45) is -2.73. The number of rotatable bonds is 9. The van der Waals surface area contributed by atoms with Gasteiger partial charge in [-0.15, -0.1) is 11.3 Å². The summed E-state index contributed by atoms with van der Waals surface area (Å²) < 4.78 is 80.4. The molecule has 3 aromatic rings. The Bertz CT molecular complexity index is 1590. The van der Waals surface area contributed by atoms with Crippen LogP contribution in [0.5, 0.6) is 5.75 Å². The second-order valence-corrected chi connectivity index (χ2v) is 15.3. The summed E-state index contributed by atoms with van der Waals surface area (Å²) in [5, 5.41) is 11.8. The molecule has 0 aliphatic carbocycles. The van der Waals surface area contributed by atoms with Crippen molar-refractivity contribution < 1.29 is 41.0 Å². The van der Waals surface area contributed by atoms with Crippen molar-refractivity contribution >= 4 is 33.0 Å². The highest BCUT2D eigenvalue weighted by molar-refractivity contribution is 7.94. The molecule has 1 amide bonds. The summed E-state index contributed by atoms with van der Waals surface area (Å²) in [6, 6.07) is 12.3. The second kappa shape index (κ2) is 16.5. The van der Waals surface area contributed by atoms with Crippen LogP contribution in [0.2, 0.25) is 0 Å². The van der Waals surface area contributed by atoms with Gasteiger partial charge in [0.15, 0.2) is 0 Å². The van der Waals surface area contributed by atoms with Crippen LogP contribution in [0.3, 0.4) is 0 Å². The van der Waals surface area contributed by atoms with Crippen molar-refractivity contribution in [2.24, 2.45) is 5.92 Å². The van der Waals surface area contributed by atoms with Crippen LogP contribution in [0.25, 0.3) is 0 Å². The maximum absolute atomic E-state index is 14.3. The van der Waals surface area contributed by atoms with Gasteiger partial charge in [0.25, 0.3) is 15.9 Å². The Balaban J connectivity index is 1.60. The number of carbonyl (C=O) groups is 1. The van der Waals surface area contributed by atoms with E-state index in [1.165, 1.54) is 24.3 Å². The Hall–Kier alpha value is -3.17. The number of anilines is 1. The molecule has 48 heavy (non-hydrogen) atoms. The van der Waals surface area contributed by atoms with E-state index in [1.807, 2.05) is 25.8 Å². The first kappa shape index (κ1) is 37.6. The number of thiophene rings is 1. The molecule has 0 fully saturated rings. The molecule has 1 aliphatic heterocycles. The van der Waals surface area contributed by atoms with Crippen molar-refractivity contribution in [1.82, 2.24) is 9.80 Å². The average molecular weight is 712 g/mol. The lowest BCUT2D eigenvalue weighted by atomic mass is 10.0. The minimum absolute atomic E-state index is 0.137. The molecule has 0 unspecified atom stereocenters. The summed E-state index contributed by atoms with van der Waals surface area (Å²) in [6.45, 7) is 6.81. The van der Waals surface area contributed by atoms with E-state index in [2.05, 4.69) is 4.72 Å². The van der Waals surface area contributed by atoms with Gasteiger partial charge in [0.2, 0.25) is 0 Å². The molecule has 0 saturated carbocycles. The molecule has 2 N–H and O–H groups in total. The zero-order valence-corrected chi connectivity index (χ0v) is 29.2. The van der Waals surface area contributed by atoms with Crippen molar-refractivity contribution in [2.45, 2.75) is 75.2 Å². The summed E-state index contributed by atoms with van der Waals surface area (Å²) in [5.41, 5.74) is 0.382. The fourth-order valence-electron chi connectivity index (χ4n) is 5.55. The Labute approximate surface area is 284 Å². The third-order valence-corrected chi connectivity index (χ3v) is 11.1. The Morgan fingerprint density at radius 1 is 1.12 bits per heavy atom. The molecule has 0 bridgehead atoms. The number of carbonyl (C=O) groups excluding carboxylic acids is 1. The summed E-state index contributed by atoms with van der Waals surface area (Å²) in [4.78, 5) is 17.8. The smallest absolute Gasteiger partial charge is 0.416 e. The molecule has 14 heteroatoms. The number of hydrogen-bond donors (Lipinski definition) is 2. The van der Waals surface area contributed by atoms with Gasteiger partial charge in [-0.2, -0.15) is 13.2 Å². The third-order valence-electron chi connectivity index (χ3n) is 8.29. The minimum Gasteiger partial charge on any atom is -0.490 e. The van der Waals surface area contributed by atoms with Gasteiger partial charge >= 0.3 is 6.18 Å². The van der Waals surface area contributed by atoms with E-state index < -0.39 is 33.7 Å². The Morgan fingerprint density at radius 2 is 1.85 bits per heavy atom. The minimum atomic E-state index is -4.40. The van der Waals surface area contributed by atoms with Crippen LogP contribution in [-0.2, 0) is 27.5 Å². The van der Waals surface area contributed by atoms with E-state index in [1.54, 1.807) is 35.4 Å². The molecule has 2 aromatic carbocycles. The molecule has 4 atom stereocenters. The van der Waals surface area contributed by atoms with Gasteiger partial charge in [-0.05, 0) is 87.5 Å². The van der Waals surface area contributed by atoms with Crippen molar-refractivity contribution in [1.29, 1.82) is 0 Å². The van der Waals surface area contributed by atoms with E-state index in [0.29, 0.717) is 31.9 Å². The molecular weight excluding hydrogens is 668 g/mol. The Kier molecular flexibility index (Phi) is 12.9. The largest absolute Gasteiger partial charge is 0.490 e. The number of halogens is 3. The normalized spacial score (nSPS) is 20.9. The lowest BCUT2D eigenvalue weighted by molar-refractivity contribution is -0.137. The number of hydrogen-bond acceptors (Lipinski definition) is 8. The van der Waals surface area contributed by atoms with Crippen LogP contribution in [0.1, 0.15) is 61.5 Å². The van der Waals surface area contributed by atoms with Gasteiger partial charge in [-0.3, -0.25) is 14.4 Å². The maximum Gasteiger partial charge on any atom is 0.416 e. The number of nitrogens with zero attached hydrogens (tertiary/aromatic N) is 2. The lowest BCUT2D eigenvalue weighted by Gasteiger charge is -2.36. The number of fused-ring (bicyclic) bond motifs is 1. The van der Waals surface area contributed by atoms with Crippen molar-refractivity contribution in [2.75, 3.05) is 38.1 Å². The molecule has 4 rings (SSSR count). The number of nitrogens with one attached hydrogen (secondary N) is 1. The van der Waals surface area contributed by atoms with Gasteiger partial charge in [0.05, 0.1) is 36.0 Å². The quantitative estimate of drug-likeness (QED) is 0.261. The summed E-state index contributed by atoms with van der Waals surface area (Å²) >= 11 is 1.08. The highest BCUT2D eigenvalue weighted by Crippen LogP contribution is 2.31. The van der Waals surface area contributed by atoms with Crippen molar-refractivity contribution in [3.8, 4) is 5.75 Å². The fourth-order valence-corrected chi connectivity index (χ4v) is 7.60. The number of likely N-dealkylation sites (N-methyl/N-ethyl adjacent to an activating group) is 1. The van der Waals surface area contributed by atoms with Gasteiger partial charge < -0.3 is 19.5 Å². The second-order valence-electron chi connectivity index (χ2n) is 12.4. The van der Waals surface area contributed by atoms with Gasteiger partial charge in [-0.1, -0.05) is 25.1 Å². The number of ether oxygens (including phenoxy) is 2. The molecule has 9 nitrogen and oxygen atoms in total. The zero-order chi connectivity index (χ0) is 35.1. The van der Waals surface area contributed by atoms with E-state index in [0.717, 1.165) is 41.9 Å². The molecule has 0 radical (unpaired) electrons. The fraction of sp³-hybridized carbons (Fsp3) is 0.500. The standard InChI is InChI=1S/C34H44F3N3O6S2/c1-23-19-40(24(2)22-41)33(42)29-18-28(38-48(43,44)32-9-7-17-47-32)14-15-30(29)46-25(3)8-5-6-16-45-31(23)21-39(4)20-26-10-12-27(13-11-26)34(35,36)37/h7,9-15,17-18,23-25,31,38,41H,5-6,8,16,19-22H2,1-4H3/t23-,24-,25-,31-/m1/s1. The van der Waals surface area contributed by atoms with Crippen molar-refractivity contribution in [3.63, 3.8) is 0 Å². The summed E-state index contributed by atoms with van der Waals surface area (Å²) in [5.74, 6) is -0.336. The predicted molar refractivity (Wildman–Crippen MR) is 180 cm³/mol. The first-order valence-electron chi connectivity index (χ1n) is 15.9. The SMILES string of the molecule is C[C@@H]1CCCCO[C@H](CN(C)Cc2ccc(C(F)(F)F)cc2)[C@H](C)CN([C@H](C)CO)C(=O)c2cc(NS(=O)(=O)c3cccs3)ccc2O1. The average Bonchev–Trinajstić information content (AvgIpc) is 3.59. The van der Waals surface area contributed by atoms with Crippen LogP contribution in [0.15, 0.2) is 64.2 Å². The molecule has 0 saturated heterocycles. The van der Waals surface area contributed by atoms with Gasteiger partial charge in [0, 0.05) is 37.8 Å². The van der Waals surface area contributed by atoms with Crippen LogP contribution in [-0.4, -0.2) is 80.8 Å².